The van der Waals surface area contributed by atoms with Crippen molar-refractivity contribution in [2.75, 3.05) is 31.3 Å². The van der Waals surface area contributed by atoms with Crippen LogP contribution < -0.4 is 25.0 Å². The van der Waals surface area contributed by atoms with Gasteiger partial charge in [0, 0.05) is 30.4 Å². The summed E-state index contributed by atoms with van der Waals surface area (Å²) >= 11 is 0. The van der Waals surface area contributed by atoms with Gasteiger partial charge in [-0.25, -0.2) is 0 Å². The lowest BCUT2D eigenvalue weighted by Crippen LogP contribution is -2.50. The second-order valence-corrected chi connectivity index (χ2v) is 6.94. The number of ether oxygens (including phenoxy) is 2. The van der Waals surface area contributed by atoms with Crippen LogP contribution >= 0.6 is 0 Å². The molecule has 0 aromatic heterocycles. The highest BCUT2D eigenvalue weighted by Gasteiger charge is 2.22. The van der Waals surface area contributed by atoms with Crippen LogP contribution in [-0.4, -0.2) is 44.3 Å². The molecule has 7 nitrogen and oxygen atoms in total. The van der Waals surface area contributed by atoms with Crippen LogP contribution in [0.4, 0.5) is 5.69 Å². The fraction of sp³-hybridized carbons (Fsp3) is 0.333. The molecule has 1 fully saturated rings. The van der Waals surface area contributed by atoms with Crippen molar-refractivity contribution in [3.05, 3.63) is 54.1 Å². The van der Waals surface area contributed by atoms with E-state index in [4.69, 9.17) is 9.47 Å². The second kappa shape index (κ2) is 8.21. The van der Waals surface area contributed by atoms with E-state index >= 15 is 0 Å². The van der Waals surface area contributed by atoms with Gasteiger partial charge < -0.3 is 25.0 Å². The molecule has 146 valence electrons. The Hall–Kier alpha value is -3.22. The molecule has 1 atom stereocenters. The fourth-order valence-corrected chi connectivity index (χ4v) is 3.55. The van der Waals surface area contributed by atoms with Gasteiger partial charge in [-0.3, -0.25) is 9.59 Å². The quantitative estimate of drug-likeness (QED) is 0.827. The number of fused-ring (bicyclic) bond motifs is 1. The number of amides is 2. The Morgan fingerprint density at radius 1 is 1.07 bits per heavy atom. The van der Waals surface area contributed by atoms with Crippen LogP contribution in [0.15, 0.2) is 48.5 Å². The van der Waals surface area contributed by atoms with Crippen LogP contribution in [0.2, 0.25) is 0 Å². The van der Waals surface area contributed by atoms with E-state index < -0.39 is 0 Å². The van der Waals surface area contributed by atoms with Crippen molar-refractivity contribution in [1.29, 1.82) is 0 Å². The molecule has 2 aliphatic heterocycles. The molecule has 2 N–H and O–H groups in total. The molecular weight excluding hydrogens is 358 g/mol. The molecule has 2 aliphatic rings. The van der Waals surface area contributed by atoms with E-state index in [9.17, 15) is 9.59 Å². The molecule has 0 radical (unpaired) electrons. The lowest BCUT2D eigenvalue weighted by molar-refractivity contribution is -0.120. The number of hydrogen-bond acceptors (Lipinski definition) is 5. The molecule has 0 aliphatic carbocycles. The van der Waals surface area contributed by atoms with E-state index in [1.54, 1.807) is 18.2 Å². The average Bonchev–Trinajstić information content (AvgIpc) is 3.21. The van der Waals surface area contributed by atoms with Crippen LogP contribution in [0.25, 0.3) is 0 Å². The number of nitrogens with zero attached hydrogens (tertiary/aromatic N) is 1. The third-order valence-corrected chi connectivity index (χ3v) is 4.95. The molecule has 7 heteroatoms. The molecule has 1 saturated heterocycles. The number of para-hydroxylation sites is 1. The van der Waals surface area contributed by atoms with Crippen molar-refractivity contribution in [2.24, 2.45) is 0 Å². The van der Waals surface area contributed by atoms with Crippen molar-refractivity contribution < 1.29 is 19.1 Å². The molecule has 0 spiro atoms. The summed E-state index contributed by atoms with van der Waals surface area (Å²) in [5.41, 5.74) is 1.60. The van der Waals surface area contributed by atoms with E-state index in [1.165, 1.54) is 0 Å². The van der Waals surface area contributed by atoms with E-state index in [0.29, 0.717) is 17.1 Å². The predicted octanol–water partition coefficient (Wildman–Crippen LogP) is 1.93. The van der Waals surface area contributed by atoms with Crippen molar-refractivity contribution in [2.45, 2.75) is 18.9 Å². The van der Waals surface area contributed by atoms with E-state index in [2.05, 4.69) is 27.7 Å². The monoisotopic (exact) mass is 381 g/mol. The third kappa shape index (κ3) is 4.19. The summed E-state index contributed by atoms with van der Waals surface area (Å²) in [5, 5.41) is 5.69. The molecule has 2 aromatic rings. The van der Waals surface area contributed by atoms with E-state index in [1.807, 2.05) is 18.2 Å². The van der Waals surface area contributed by atoms with Gasteiger partial charge in [-0.1, -0.05) is 18.2 Å². The zero-order valence-corrected chi connectivity index (χ0v) is 15.5. The lowest BCUT2D eigenvalue weighted by atomic mass is 10.0. The molecule has 1 unspecified atom stereocenters. The van der Waals surface area contributed by atoms with E-state index in [-0.39, 0.29) is 31.2 Å². The molecule has 2 aromatic carbocycles. The largest absolute Gasteiger partial charge is 0.454 e. The van der Waals surface area contributed by atoms with Crippen LogP contribution in [0.3, 0.4) is 0 Å². The van der Waals surface area contributed by atoms with Gasteiger partial charge in [0.1, 0.15) is 0 Å². The summed E-state index contributed by atoms with van der Waals surface area (Å²) in [6.45, 7) is 1.85. The first-order valence-electron chi connectivity index (χ1n) is 9.46. The van der Waals surface area contributed by atoms with E-state index in [0.717, 1.165) is 31.6 Å². The summed E-state index contributed by atoms with van der Waals surface area (Å²) in [4.78, 5) is 26.8. The summed E-state index contributed by atoms with van der Waals surface area (Å²) < 4.78 is 10.5. The Morgan fingerprint density at radius 2 is 1.89 bits per heavy atom. The molecule has 0 bridgehead atoms. The Labute approximate surface area is 163 Å². The van der Waals surface area contributed by atoms with Crippen LogP contribution in [-0.2, 0) is 4.79 Å². The Bertz CT molecular complexity index is 856. The van der Waals surface area contributed by atoms with Gasteiger partial charge >= 0.3 is 0 Å². The van der Waals surface area contributed by atoms with Crippen LogP contribution in [0.5, 0.6) is 11.5 Å². The lowest BCUT2D eigenvalue weighted by Gasteiger charge is -2.34. The minimum Gasteiger partial charge on any atom is -0.454 e. The smallest absolute Gasteiger partial charge is 0.251 e. The zero-order chi connectivity index (χ0) is 19.3. The zero-order valence-electron chi connectivity index (χ0n) is 15.5. The second-order valence-electron chi connectivity index (χ2n) is 6.94. The molecule has 28 heavy (non-hydrogen) atoms. The number of benzene rings is 2. The molecule has 2 heterocycles. The average molecular weight is 381 g/mol. The highest BCUT2D eigenvalue weighted by molar-refractivity contribution is 5.97. The maximum Gasteiger partial charge on any atom is 0.251 e. The normalized spacial score (nSPS) is 17.9. The van der Waals surface area contributed by atoms with Gasteiger partial charge in [0.2, 0.25) is 12.7 Å². The summed E-state index contributed by atoms with van der Waals surface area (Å²) in [6, 6.07) is 15.2. The van der Waals surface area contributed by atoms with Gasteiger partial charge in [-0.05, 0) is 43.2 Å². The number of piperidine rings is 1. The minimum absolute atomic E-state index is 0.0604. The summed E-state index contributed by atoms with van der Waals surface area (Å²) in [7, 11) is 0. The standard InChI is InChI=1S/C21H23N3O4/c25-20(12-22-21(26)15-8-9-18-19(11-15)28-14-27-18)23-16-5-4-10-24(13-16)17-6-2-1-3-7-17/h1-3,6-9,11,16H,4-5,10,12-14H2,(H,22,26)(H,23,25). The molecular formula is C21H23N3O4. The number of hydrogen-bond donors (Lipinski definition) is 2. The molecule has 2 amide bonds. The van der Waals surface area contributed by atoms with Crippen LogP contribution in [0.1, 0.15) is 23.2 Å². The summed E-state index contributed by atoms with van der Waals surface area (Å²) in [6.07, 6.45) is 1.95. The fourth-order valence-electron chi connectivity index (χ4n) is 3.55. The first-order valence-corrected chi connectivity index (χ1v) is 9.46. The predicted molar refractivity (Wildman–Crippen MR) is 105 cm³/mol. The van der Waals surface area contributed by atoms with Gasteiger partial charge in [-0.2, -0.15) is 0 Å². The van der Waals surface area contributed by atoms with Gasteiger partial charge in [0.25, 0.3) is 5.91 Å². The van der Waals surface area contributed by atoms with Gasteiger partial charge in [0.15, 0.2) is 11.5 Å². The number of nitrogens with one attached hydrogen (secondary N) is 2. The van der Waals surface area contributed by atoms with Crippen molar-refractivity contribution in [1.82, 2.24) is 10.6 Å². The Balaban J connectivity index is 1.26. The topological polar surface area (TPSA) is 79.9 Å². The number of carbonyl (C=O) groups excluding carboxylic acids is 2. The number of rotatable bonds is 5. The summed E-state index contributed by atoms with van der Waals surface area (Å²) in [5.74, 6) is 0.659. The highest BCUT2D eigenvalue weighted by Crippen LogP contribution is 2.32. The van der Waals surface area contributed by atoms with Crippen molar-refractivity contribution in [3.8, 4) is 11.5 Å². The van der Waals surface area contributed by atoms with Gasteiger partial charge in [-0.15, -0.1) is 0 Å². The first kappa shape index (κ1) is 18.2. The molecule has 4 rings (SSSR count). The minimum atomic E-state index is -0.317. The highest BCUT2D eigenvalue weighted by atomic mass is 16.7. The number of carbonyl (C=O) groups is 2. The molecule has 0 saturated carbocycles. The van der Waals surface area contributed by atoms with Gasteiger partial charge in [0.05, 0.1) is 6.54 Å². The number of anilines is 1. The third-order valence-electron chi connectivity index (χ3n) is 4.95. The first-order chi connectivity index (χ1) is 13.7. The maximum absolute atomic E-state index is 12.3. The maximum atomic E-state index is 12.3. The Morgan fingerprint density at radius 3 is 2.75 bits per heavy atom. The van der Waals surface area contributed by atoms with Crippen molar-refractivity contribution in [3.63, 3.8) is 0 Å². The Kier molecular flexibility index (Phi) is 5.32. The van der Waals surface area contributed by atoms with Crippen molar-refractivity contribution >= 4 is 17.5 Å². The van der Waals surface area contributed by atoms with Crippen LogP contribution in [0, 0.1) is 0 Å². The SMILES string of the molecule is O=C(CNC(=O)c1ccc2c(c1)OCO2)NC1CCCN(c2ccccc2)C1.